The number of hydrogen-bond donors (Lipinski definition) is 1. The molecule has 1 rings (SSSR count). The van der Waals surface area contributed by atoms with Gasteiger partial charge in [-0.1, -0.05) is 23.2 Å². The third kappa shape index (κ3) is 3.35. The fourth-order valence-electron chi connectivity index (χ4n) is 1.22. The van der Waals surface area contributed by atoms with E-state index in [0.717, 1.165) is 0 Å². The van der Waals surface area contributed by atoms with Gasteiger partial charge >= 0.3 is 5.97 Å². The van der Waals surface area contributed by atoms with Gasteiger partial charge in [-0.05, 0) is 18.6 Å². The van der Waals surface area contributed by atoms with Crippen LogP contribution in [0.2, 0.25) is 10.0 Å². The summed E-state index contributed by atoms with van der Waals surface area (Å²) in [6, 6.07) is 1.49. The van der Waals surface area contributed by atoms with Crippen molar-refractivity contribution in [1.82, 2.24) is 0 Å². The van der Waals surface area contributed by atoms with Crippen LogP contribution < -0.4 is 10.1 Å². The quantitative estimate of drug-likeness (QED) is 0.666. The van der Waals surface area contributed by atoms with Gasteiger partial charge in [0.25, 0.3) is 0 Å². The molecule has 92 valence electrons. The smallest absolute Gasteiger partial charge is 0.308 e. The van der Waals surface area contributed by atoms with Crippen molar-refractivity contribution in [2.75, 3.05) is 5.32 Å². The first-order chi connectivity index (χ1) is 7.82. The van der Waals surface area contributed by atoms with E-state index in [0.29, 0.717) is 10.6 Å². The largest absolute Gasteiger partial charge is 0.423 e. The van der Waals surface area contributed by atoms with E-state index in [1.54, 1.807) is 6.92 Å². The summed E-state index contributed by atoms with van der Waals surface area (Å²) < 4.78 is 4.97. The van der Waals surface area contributed by atoms with Crippen LogP contribution in [-0.2, 0) is 9.59 Å². The monoisotopic (exact) mass is 275 g/mol. The molecular formula is C11H11Cl2NO3. The van der Waals surface area contributed by atoms with Crippen LogP contribution in [0.5, 0.6) is 5.75 Å². The van der Waals surface area contributed by atoms with Crippen molar-refractivity contribution in [3.8, 4) is 5.75 Å². The molecule has 0 spiro atoms. The molecule has 0 bridgehead atoms. The Labute approximate surface area is 109 Å². The summed E-state index contributed by atoms with van der Waals surface area (Å²) in [6.07, 6.45) is 0. The van der Waals surface area contributed by atoms with Gasteiger partial charge in [0.05, 0.1) is 10.7 Å². The summed E-state index contributed by atoms with van der Waals surface area (Å²) >= 11 is 12.0. The average Bonchev–Trinajstić information content (AvgIpc) is 2.20. The molecule has 0 aliphatic carbocycles. The van der Waals surface area contributed by atoms with Crippen LogP contribution in [0.3, 0.4) is 0 Å². The topological polar surface area (TPSA) is 55.4 Å². The number of carbonyl (C=O) groups excluding carboxylic acids is 2. The summed E-state index contributed by atoms with van der Waals surface area (Å²) in [7, 11) is 0. The van der Waals surface area contributed by atoms with Crippen molar-refractivity contribution in [3.63, 3.8) is 0 Å². The fraction of sp³-hybridized carbons (Fsp3) is 0.273. The molecule has 0 saturated heterocycles. The van der Waals surface area contributed by atoms with E-state index in [1.165, 1.54) is 19.9 Å². The zero-order chi connectivity index (χ0) is 13.2. The summed E-state index contributed by atoms with van der Waals surface area (Å²) in [6.45, 7) is 4.27. The molecule has 0 fully saturated rings. The second-order valence-corrected chi connectivity index (χ2v) is 4.23. The van der Waals surface area contributed by atoms with Crippen molar-refractivity contribution < 1.29 is 14.3 Å². The maximum absolute atomic E-state index is 11.0. The zero-order valence-corrected chi connectivity index (χ0v) is 11.1. The molecule has 4 nitrogen and oxygen atoms in total. The average molecular weight is 276 g/mol. The third-order valence-electron chi connectivity index (χ3n) is 1.96. The van der Waals surface area contributed by atoms with Gasteiger partial charge in [-0.3, -0.25) is 9.59 Å². The van der Waals surface area contributed by atoms with Gasteiger partial charge in [-0.15, -0.1) is 0 Å². The van der Waals surface area contributed by atoms with Crippen molar-refractivity contribution in [1.29, 1.82) is 0 Å². The van der Waals surface area contributed by atoms with E-state index in [-0.39, 0.29) is 22.4 Å². The lowest BCUT2D eigenvalue weighted by Crippen LogP contribution is -2.10. The van der Waals surface area contributed by atoms with E-state index in [1.807, 2.05) is 0 Å². The molecular weight excluding hydrogens is 265 g/mol. The highest BCUT2D eigenvalue weighted by Gasteiger charge is 2.17. The predicted octanol–water partition coefficient (Wildman–Crippen LogP) is 3.19. The number of carbonyl (C=O) groups is 2. The molecule has 0 atom stereocenters. The molecule has 1 aromatic rings. The number of ether oxygens (including phenoxy) is 1. The highest BCUT2D eigenvalue weighted by atomic mass is 35.5. The highest BCUT2D eigenvalue weighted by molar-refractivity contribution is 6.37. The van der Waals surface area contributed by atoms with Crippen molar-refractivity contribution in [2.45, 2.75) is 20.8 Å². The second-order valence-electron chi connectivity index (χ2n) is 3.45. The number of halogens is 2. The Bertz CT molecular complexity index is 486. The van der Waals surface area contributed by atoms with E-state index < -0.39 is 5.97 Å². The summed E-state index contributed by atoms with van der Waals surface area (Å²) in [5.74, 6) is -0.731. The summed E-state index contributed by atoms with van der Waals surface area (Å²) in [4.78, 5) is 22.0. The number of hydrogen-bond acceptors (Lipinski definition) is 3. The van der Waals surface area contributed by atoms with Crippen molar-refractivity contribution in [2.24, 2.45) is 0 Å². The Morgan fingerprint density at radius 1 is 1.29 bits per heavy atom. The maximum atomic E-state index is 11.0. The molecule has 0 saturated carbocycles. The minimum Gasteiger partial charge on any atom is -0.423 e. The molecule has 0 aliphatic heterocycles. The van der Waals surface area contributed by atoms with Crippen LogP contribution in [0.25, 0.3) is 0 Å². The maximum Gasteiger partial charge on any atom is 0.308 e. The Morgan fingerprint density at radius 3 is 2.35 bits per heavy atom. The van der Waals surface area contributed by atoms with E-state index >= 15 is 0 Å². The SMILES string of the molecule is CC(=O)Nc1cc(Cl)c(C)c(Cl)c1OC(C)=O. The number of rotatable bonds is 2. The van der Waals surface area contributed by atoms with Gasteiger partial charge < -0.3 is 10.1 Å². The first kappa shape index (κ1) is 13.8. The van der Waals surface area contributed by atoms with Crippen LogP contribution in [-0.4, -0.2) is 11.9 Å². The van der Waals surface area contributed by atoms with Crippen LogP contribution in [0.15, 0.2) is 6.07 Å². The van der Waals surface area contributed by atoms with E-state index in [4.69, 9.17) is 27.9 Å². The molecule has 1 aromatic carbocycles. The summed E-state index contributed by atoms with van der Waals surface area (Å²) in [5, 5.41) is 3.09. The number of anilines is 1. The van der Waals surface area contributed by atoms with E-state index in [9.17, 15) is 9.59 Å². The number of nitrogens with one attached hydrogen (secondary N) is 1. The number of amides is 1. The zero-order valence-electron chi connectivity index (χ0n) is 9.56. The van der Waals surface area contributed by atoms with E-state index in [2.05, 4.69) is 5.32 Å². The minimum absolute atomic E-state index is 0.108. The lowest BCUT2D eigenvalue weighted by atomic mass is 10.2. The lowest BCUT2D eigenvalue weighted by Gasteiger charge is -2.14. The molecule has 1 N–H and O–H groups in total. The predicted molar refractivity (Wildman–Crippen MR) is 66.8 cm³/mol. The standard InChI is InChI=1S/C11H11Cl2NO3/c1-5-8(12)4-9(14-6(2)15)11(10(5)13)17-7(3)16/h4H,1-3H3,(H,14,15). The van der Waals surface area contributed by atoms with Gasteiger partial charge in [-0.2, -0.15) is 0 Å². The van der Waals surface area contributed by atoms with Gasteiger partial charge in [-0.25, -0.2) is 0 Å². The first-order valence-electron chi connectivity index (χ1n) is 4.77. The van der Waals surface area contributed by atoms with Crippen LogP contribution in [0, 0.1) is 6.92 Å². The first-order valence-corrected chi connectivity index (χ1v) is 5.53. The van der Waals surface area contributed by atoms with Gasteiger partial charge in [0.15, 0.2) is 5.75 Å². The molecule has 0 aliphatic rings. The van der Waals surface area contributed by atoms with Crippen LogP contribution >= 0.6 is 23.2 Å². The van der Waals surface area contributed by atoms with Gasteiger partial charge in [0.2, 0.25) is 5.91 Å². The minimum atomic E-state index is -0.528. The van der Waals surface area contributed by atoms with Crippen LogP contribution in [0.4, 0.5) is 5.69 Å². The van der Waals surface area contributed by atoms with Crippen molar-refractivity contribution >= 4 is 40.8 Å². The Balaban J connectivity index is 3.34. The summed E-state index contributed by atoms with van der Waals surface area (Å²) in [5.41, 5.74) is 0.854. The normalized spacial score (nSPS) is 9.94. The molecule has 0 aromatic heterocycles. The van der Waals surface area contributed by atoms with Gasteiger partial charge in [0, 0.05) is 18.9 Å². The molecule has 0 unspecified atom stereocenters. The Kier molecular flexibility index (Phi) is 4.37. The third-order valence-corrected chi connectivity index (χ3v) is 2.81. The highest BCUT2D eigenvalue weighted by Crippen LogP contribution is 2.39. The van der Waals surface area contributed by atoms with Crippen LogP contribution in [0.1, 0.15) is 19.4 Å². The lowest BCUT2D eigenvalue weighted by molar-refractivity contribution is -0.131. The second kappa shape index (κ2) is 5.38. The molecule has 0 heterocycles. The fourth-order valence-corrected chi connectivity index (χ4v) is 1.71. The van der Waals surface area contributed by atoms with Gasteiger partial charge in [0.1, 0.15) is 0 Å². The Hall–Kier alpha value is -1.26. The molecule has 17 heavy (non-hydrogen) atoms. The number of esters is 1. The Morgan fingerprint density at radius 2 is 1.88 bits per heavy atom. The molecule has 1 amide bonds. The molecule has 6 heteroatoms. The van der Waals surface area contributed by atoms with Crippen molar-refractivity contribution in [3.05, 3.63) is 21.7 Å². The number of benzene rings is 1. The molecule has 0 radical (unpaired) electrons.